The van der Waals surface area contributed by atoms with Gasteiger partial charge in [-0.15, -0.1) is 0 Å². The van der Waals surface area contributed by atoms with E-state index in [0.29, 0.717) is 29.2 Å². The number of hydrogen-bond donors (Lipinski definition) is 2. The number of methoxy groups -OCH3 is 1. The second-order valence-corrected chi connectivity index (χ2v) is 6.86. The van der Waals surface area contributed by atoms with Crippen LogP contribution in [0.25, 0.3) is 22.6 Å². The molecule has 0 unspecified atom stereocenters. The molecule has 2 amide bonds. The zero-order valence-electron chi connectivity index (χ0n) is 17.2. The molecule has 0 bridgehead atoms. The van der Waals surface area contributed by atoms with Crippen LogP contribution in [0.5, 0.6) is 0 Å². The molecule has 9 heteroatoms. The van der Waals surface area contributed by atoms with Gasteiger partial charge in [-0.2, -0.15) is 0 Å². The fourth-order valence-electron chi connectivity index (χ4n) is 3.32. The molecule has 8 nitrogen and oxygen atoms in total. The monoisotopic (exact) mass is 433 g/mol. The first-order valence-electron chi connectivity index (χ1n) is 9.86. The van der Waals surface area contributed by atoms with Crippen LogP contribution in [0, 0.1) is 5.82 Å². The number of ether oxygens (including phenoxy) is 1. The summed E-state index contributed by atoms with van der Waals surface area (Å²) in [4.78, 5) is 33.3. The Morgan fingerprint density at radius 3 is 2.62 bits per heavy atom. The third-order valence-electron chi connectivity index (χ3n) is 4.81. The summed E-state index contributed by atoms with van der Waals surface area (Å²) < 4.78 is 20.0. The van der Waals surface area contributed by atoms with E-state index in [1.165, 1.54) is 19.2 Å². The maximum atomic E-state index is 13.4. The number of halogens is 1. The number of para-hydroxylation sites is 1. The van der Waals surface area contributed by atoms with Crippen molar-refractivity contribution in [2.24, 2.45) is 0 Å². The van der Waals surface area contributed by atoms with Crippen LogP contribution in [0.3, 0.4) is 0 Å². The molecule has 162 valence electrons. The first-order chi connectivity index (χ1) is 15.6. The summed E-state index contributed by atoms with van der Waals surface area (Å²) >= 11 is 0. The number of nitrogens with one attached hydrogen (secondary N) is 2. The van der Waals surface area contributed by atoms with E-state index in [4.69, 9.17) is 4.74 Å². The highest BCUT2D eigenvalue weighted by Crippen LogP contribution is 2.23. The van der Waals surface area contributed by atoms with Gasteiger partial charge in [-0.05, 0) is 48.5 Å². The Kier molecular flexibility index (Phi) is 6.07. The van der Waals surface area contributed by atoms with Crippen molar-refractivity contribution in [2.45, 2.75) is 6.54 Å². The molecule has 2 N–H and O–H groups in total. The number of aromatic nitrogens is 3. The lowest BCUT2D eigenvalue weighted by Crippen LogP contribution is -2.32. The molecule has 2 heterocycles. The third-order valence-corrected chi connectivity index (χ3v) is 4.81. The highest BCUT2D eigenvalue weighted by Gasteiger charge is 2.15. The molecule has 32 heavy (non-hydrogen) atoms. The Morgan fingerprint density at radius 1 is 1.06 bits per heavy atom. The summed E-state index contributed by atoms with van der Waals surface area (Å²) in [6.07, 6.45) is 1.67. The Hall–Kier alpha value is -4.27. The molecule has 0 saturated heterocycles. The zero-order valence-corrected chi connectivity index (χ0v) is 17.2. The zero-order chi connectivity index (χ0) is 22.5. The van der Waals surface area contributed by atoms with Gasteiger partial charge in [-0.1, -0.05) is 12.1 Å². The average molecular weight is 433 g/mol. The van der Waals surface area contributed by atoms with Crippen LogP contribution in [0.4, 0.5) is 14.9 Å². The van der Waals surface area contributed by atoms with Crippen LogP contribution in [-0.4, -0.2) is 40.2 Å². The van der Waals surface area contributed by atoms with Gasteiger partial charge in [0.1, 0.15) is 17.2 Å². The van der Waals surface area contributed by atoms with Crippen molar-refractivity contribution in [3.8, 4) is 11.4 Å². The quantitative estimate of drug-likeness (QED) is 0.450. The van der Waals surface area contributed by atoms with E-state index in [0.717, 1.165) is 5.56 Å². The molecule has 0 radical (unpaired) electrons. The normalized spacial score (nSPS) is 10.7. The summed E-state index contributed by atoms with van der Waals surface area (Å²) in [6.45, 7) is 0.648. The molecule has 0 saturated carbocycles. The molecule has 0 aliphatic heterocycles. The fourth-order valence-corrected chi connectivity index (χ4v) is 3.32. The lowest BCUT2D eigenvalue weighted by Gasteiger charge is -2.12. The second-order valence-electron chi connectivity index (χ2n) is 6.86. The van der Waals surface area contributed by atoms with Crippen molar-refractivity contribution in [3.63, 3.8) is 0 Å². The van der Waals surface area contributed by atoms with Crippen molar-refractivity contribution >= 4 is 28.9 Å². The number of anilines is 1. The van der Waals surface area contributed by atoms with Crippen molar-refractivity contribution in [2.75, 3.05) is 19.0 Å². The van der Waals surface area contributed by atoms with Crippen molar-refractivity contribution < 1.29 is 18.7 Å². The van der Waals surface area contributed by atoms with Crippen LogP contribution in [-0.2, 0) is 11.3 Å². The number of carbonyl (C=O) groups excluding carboxylic acids is 2. The first-order valence-corrected chi connectivity index (χ1v) is 9.86. The molecular weight excluding hydrogens is 413 g/mol. The van der Waals surface area contributed by atoms with Crippen molar-refractivity contribution in [1.29, 1.82) is 0 Å². The SMILES string of the molecule is COC(=O)c1ccccc1NC(=O)NCCn1c(-c2ccc(F)cc2)nc2cccnc21. The van der Waals surface area contributed by atoms with Crippen LogP contribution in [0.2, 0.25) is 0 Å². The maximum absolute atomic E-state index is 13.4. The van der Waals surface area contributed by atoms with Gasteiger partial charge in [-0.25, -0.2) is 23.9 Å². The van der Waals surface area contributed by atoms with Crippen molar-refractivity contribution in [1.82, 2.24) is 19.9 Å². The molecular formula is C23H20FN5O3. The Bertz CT molecular complexity index is 1270. The number of fused-ring (bicyclic) bond motifs is 1. The van der Waals surface area contributed by atoms with Crippen LogP contribution < -0.4 is 10.6 Å². The minimum Gasteiger partial charge on any atom is -0.465 e. The van der Waals surface area contributed by atoms with Gasteiger partial charge in [0.2, 0.25) is 0 Å². The molecule has 0 aliphatic carbocycles. The first kappa shape index (κ1) is 21.0. The van der Waals surface area contributed by atoms with Gasteiger partial charge >= 0.3 is 12.0 Å². The standard InChI is InChI=1S/C23H20FN5O3/c1-32-22(30)17-5-2-3-6-18(17)28-23(31)26-13-14-29-20(15-8-10-16(24)11-9-15)27-19-7-4-12-25-21(19)29/h2-12H,13-14H2,1H3,(H2,26,28,31). The van der Waals surface area contributed by atoms with E-state index < -0.39 is 12.0 Å². The number of hydrogen-bond acceptors (Lipinski definition) is 5. The van der Waals surface area contributed by atoms with Crippen LogP contribution >= 0.6 is 0 Å². The molecule has 0 aliphatic rings. The minimum absolute atomic E-state index is 0.258. The van der Waals surface area contributed by atoms with Gasteiger partial charge in [0.05, 0.1) is 18.4 Å². The summed E-state index contributed by atoms with van der Waals surface area (Å²) in [6, 6.07) is 15.8. The number of amides is 2. The van der Waals surface area contributed by atoms with E-state index in [2.05, 4.69) is 20.6 Å². The Morgan fingerprint density at radius 2 is 1.84 bits per heavy atom. The second kappa shape index (κ2) is 9.25. The van der Waals surface area contributed by atoms with Crippen LogP contribution in [0.1, 0.15) is 10.4 Å². The number of rotatable bonds is 6. The van der Waals surface area contributed by atoms with Crippen molar-refractivity contribution in [3.05, 3.63) is 78.2 Å². The van der Waals surface area contributed by atoms with E-state index in [9.17, 15) is 14.0 Å². The Labute approximate surface area is 183 Å². The molecule has 2 aromatic carbocycles. The molecule has 0 atom stereocenters. The largest absolute Gasteiger partial charge is 0.465 e. The predicted octanol–water partition coefficient (Wildman–Crippen LogP) is 3.85. The van der Waals surface area contributed by atoms with Gasteiger partial charge in [0, 0.05) is 24.8 Å². The van der Waals surface area contributed by atoms with Gasteiger partial charge in [0.15, 0.2) is 5.65 Å². The van der Waals surface area contributed by atoms with Crippen LogP contribution in [0.15, 0.2) is 66.9 Å². The third kappa shape index (κ3) is 4.41. The minimum atomic E-state index is -0.541. The number of carbonyl (C=O) groups is 2. The summed E-state index contributed by atoms with van der Waals surface area (Å²) in [5.41, 5.74) is 2.70. The predicted molar refractivity (Wildman–Crippen MR) is 118 cm³/mol. The molecule has 2 aromatic heterocycles. The number of imidazole rings is 1. The van der Waals surface area contributed by atoms with E-state index in [-0.39, 0.29) is 17.9 Å². The number of pyridine rings is 1. The number of nitrogens with zero attached hydrogens (tertiary/aromatic N) is 3. The van der Waals surface area contributed by atoms with E-state index in [1.807, 2.05) is 10.6 Å². The van der Waals surface area contributed by atoms with E-state index >= 15 is 0 Å². The number of urea groups is 1. The van der Waals surface area contributed by atoms with Gasteiger partial charge in [-0.3, -0.25) is 0 Å². The maximum Gasteiger partial charge on any atom is 0.339 e. The number of benzene rings is 2. The summed E-state index contributed by atoms with van der Waals surface area (Å²) in [5, 5.41) is 5.43. The molecule has 0 fully saturated rings. The average Bonchev–Trinajstić information content (AvgIpc) is 3.18. The smallest absolute Gasteiger partial charge is 0.339 e. The van der Waals surface area contributed by atoms with Gasteiger partial charge in [0.25, 0.3) is 0 Å². The topological polar surface area (TPSA) is 98.1 Å². The Balaban J connectivity index is 1.49. The number of esters is 1. The lowest BCUT2D eigenvalue weighted by atomic mass is 10.2. The molecule has 0 spiro atoms. The lowest BCUT2D eigenvalue weighted by molar-refractivity contribution is 0.0602. The molecule has 4 rings (SSSR count). The highest BCUT2D eigenvalue weighted by atomic mass is 19.1. The highest BCUT2D eigenvalue weighted by molar-refractivity contribution is 6.00. The molecule has 4 aromatic rings. The van der Waals surface area contributed by atoms with E-state index in [1.54, 1.807) is 48.7 Å². The van der Waals surface area contributed by atoms with Gasteiger partial charge < -0.3 is 19.9 Å². The summed E-state index contributed by atoms with van der Waals surface area (Å²) in [7, 11) is 1.28. The summed E-state index contributed by atoms with van der Waals surface area (Å²) in [5.74, 6) is -0.252. The fraction of sp³-hybridized carbons (Fsp3) is 0.130.